The first-order valence-corrected chi connectivity index (χ1v) is 7.56. The van der Waals surface area contributed by atoms with Gasteiger partial charge in [0.25, 0.3) is 11.7 Å². The Morgan fingerprint density at radius 3 is 2.42 bits per heavy atom. The highest BCUT2D eigenvalue weighted by Crippen LogP contribution is 2.24. The van der Waals surface area contributed by atoms with Crippen molar-refractivity contribution in [2.45, 2.75) is 33.5 Å². The van der Waals surface area contributed by atoms with E-state index in [1.807, 2.05) is 6.92 Å². The molecule has 24 heavy (non-hydrogen) atoms. The van der Waals surface area contributed by atoms with E-state index in [-0.39, 0.29) is 11.5 Å². The molecule has 0 atom stereocenters. The first-order valence-electron chi connectivity index (χ1n) is 7.56. The van der Waals surface area contributed by atoms with Gasteiger partial charge in [-0.15, -0.1) is 0 Å². The topological polar surface area (TPSA) is 93.7 Å². The fourth-order valence-electron chi connectivity index (χ4n) is 2.22. The first-order chi connectivity index (χ1) is 11.2. The standard InChI is InChI=1S/C17H20N2O5/c1-5-18-14(20)11-7-6-8-13(10(11)2)19-9-12-15(21)23-17(3,4)24-16(12)22/h6-9,19H,5H2,1-4H3,(H,18,20). The molecule has 0 saturated carbocycles. The van der Waals surface area contributed by atoms with Gasteiger partial charge in [-0.05, 0) is 31.5 Å². The van der Waals surface area contributed by atoms with Gasteiger partial charge in [0, 0.05) is 37.8 Å². The molecule has 1 saturated heterocycles. The zero-order valence-electron chi connectivity index (χ0n) is 14.1. The Labute approximate surface area is 140 Å². The molecule has 0 radical (unpaired) electrons. The zero-order chi connectivity index (χ0) is 17.9. The number of hydrogen-bond acceptors (Lipinski definition) is 6. The Hall–Kier alpha value is -2.83. The summed E-state index contributed by atoms with van der Waals surface area (Å²) in [6.07, 6.45) is 1.23. The molecule has 0 spiro atoms. The van der Waals surface area contributed by atoms with E-state index in [4.69, 9.17) is 9.47 Å². The van der Waals surface area contributed by atoms with E-state index < -0.39 is 17.7 Å². The number of cyclic esters (lactones) is 2. The van der Waals surface area contributed by atoms with E-state index in [1.54, 1.807) is 25.1 Å². The smallest absolute Gasteiger partial charge is 0.350 e. The molecule has 1 amide bonds. The van der Waals surface area contributed by atoms with E-state index in [1.165, 1.54) is 20.0 Å². The maximum Gasteiger partial charge on any atom is 0.350 e. The Morgan fingerprint density at radius 2 is 1.83 bits per heavy atom. The third-order valence-electron chi connectivity index (χ3n) is 3.40. The van der Waals surface area contributed by atoms with Gasteiger partial charge in [-0.2, -0.15) is 0 Å². The summed E-state index contributed by atoms with van der Waals surface area (Å²) in [6.45, 7) is 7.08. The molecular formula is C17H20N2O5. The molecule has 7 nitrogen and oxygen atoms in total. The Bertz CT molecular complexity index is 700. The second-order valence-electron chi connectivity index (χ2n) is 5.72. The average Bonchev–Trinajstić information content (AvgIpc) is 2.47. The molecule has 1 aliphatic heterocycles. The van der Waals surface area contributed by atoms with Crippen LogP contribution < -0.4 is 10.6 Å². The maximum atomic E-state index is 12.0. The molecule has 128 valence electrons. The second-order valence-corrected chi connectivity index (χ2v) is 5.72. The number of nitrogens with one attached hydrogen (secondary N) is 2. The number of carbonyl (C=O) groups is 3. The molecule has 0 aromatic heterocycles. The van der Waals surface area contributed by atoms with Crippen molar-refractivity contribution in [2.75, 3.05) is 11.9 Å². The van der Waals surface area contributed by atoms with Crippen LogP contribution in [0.1, 0.15) is 36.7 Å². The molecule has 1 fully saturated rings. The lowest BCUT2D eigenvalue weighted by Gasteiger charge is -2.29. The summed E-state index contributed by atoms with van der Waals surface area (Å²) < 4.78 is 10.0. The van der Waals surface area contributed by atoms with Gasteiger partial charge in [0.2, 0.25) is 0 Å². The van der Waals surface area contributed by atoms with Crippen molar-refractivity contribution in [2.24, 2.45) is 0 Å². The van der Waals surface area contributed by atoms with Crippen molar-refractivity contribution >= 4 is 23.5 Å². The Balaban J connectivity index is 2.23. The van der Waals surface area contributed by atoms with Crippen molar-refractivity contribution in [1.82, 2.24) is 5.32 Å². The monoisotopic (exact) mass is 332 g/mol. The summed E-state index contributed by atoms with van der Waals surface area (Å²) in [7, 11) is 0. The van der Waals surface area contributed by atoms with Crippen molar-refractivity contribution in [3.05, 3.63) is 41.1 Å². The van der Waals surface area contributed by atoms with Crippen LogP contribution in [-0.4, -0.2) is 30.2 Å². The van der Waals surface area contributed by atoms with Crippen LogP contribution in [0.4, 0.5) is 5.69 Å². The minimum Gasteiger partial charge on any atom is -0.419 e. The van der Waals surface area contributed by atoms with Gasteiger partial charge in [0.05, 0.1) is 0 Å². The Morgan fingerprint density at radius 1 is 1.21 bits per heavy atom. The number of esters is 2. The number of benzene rings is 1. The van der Waals surface area contributed by atoms with Gasteiger partial charge in [-0.25, -0.2) is 9.59 Å². The predicted molar refractivity (Wildman–Crippen MR) is 87.2 cm³/mol. The number of anilines is 1. The van der Waals surface area contributed by atoms with Crippen molar-refractivity contribution in [3.8, 4) is 0 Å². The fourth-order valence-corrected chi connectivity index (χ4v) is 2.22. The van der Waals surface area contributed by atoms with Crippen LogP contribution in [-0.2, 0) is 19.1 Å². The molecule has 0 unspecified atom stereocenters. The van der Waals surface area contributed by atoms with E-state index in [2.05, 4.69) is 10.6 Å². The number of carbonyl (C=O) groups excluding carboxylic acids is 3. The molecule has 1 aromatic rings. The summed E-state index contributed by atoms with van der Waals surface area (Å²) in [5, 5.41) is 5.59. The minimum absolute atomic E-state index is 0.190. The fraction of sp³-hybridized carbons (Fsp3) is 0.353. The lowest BCUT2D eigenvalue weighted by atomic mass is 10.1. The van der Waals surface area contributed by atoms with Crippen LogP contribution in [0, 0.1) is 6.92 Å². The normalized spacial score (nSPS) is 16.1. The van der Waals surface area contributed by atoms with Gasteiger partial charge in [0.1, 0.15) is 0 Å². The summed E-state index contributed by atoms with van der Waals surface area (Å²) >= 11 is 0. The maximum absolute atomic E-state index is 12.0. The minimum atomic E-state index is -1.28. The molecule has 1 heterocycles. The summed E-state index contributed by atoms with van der Waals surface area (Å²) in [4.78, 5) is 35.8. The SMILES string of the molecule is CCNC(=O)c1cccc(NC=C2C(=O)OC(C)(C)OC2=O)c1C. The highest BCUT2D eigenvalue weighted by Gasteiger charge is 2.38. The van der Waals surface area contributed by atoms with Crippen molar-refractivity contribution in [3.63, 3.8) is 0 Å². The van der Waals surface area contributed by atoms with E-state index in [0.29, 0.717) is 23.4 Å². The van der Waals surface area contributed by atoms with Crippen LogP contribution in [0.3, 0.4) is 0 Å². The number of rotatable bonds is 4. The summed E-state index contributed by atoms with van der Waals surface area (Å²) in [5.74, 6) is -2.99. The van der Waals surface area contributed by atoms with Crippen LogP contribution in [0.2, 0.25) is 0 Å². The van der Waals surface area contributed by atoms with E-state index >= 15 is 0 Å². The molecule has 1 aliphatic rings. The number of hydrogen-bond donors (Lipinski definition) is 2. The second kappa shape index (κ2) is 6.74. The summed E-state index contributed by atoms with van der Waals surface area (Å²) in [5.41, 5.74) is 1.56. The van der Waals surface area contributed by atoms with Crippen molar-refractivity contribution < 1.29 is 23.9 Å². The third-order valence-corrected chi connectivity index (χ3v) is 3.40. The lowest BCUT2D eigenvalue weighted by molar-refractivity contribution is -0.222. The van der Waals surface area contributed by atoms with Crippen LogP contribution >= 0.6 is 0 Å². The van der Waals surface area contributed by atoms with E-state index in [9.17, 15) is 14.4 Å². The molecule has 7 heteroatoms. The highest BCUT2D eigenvalue weighted by atomic mass is 16.7. The van der Waals surface area contributed by atoms with Crippen LogP contribution in [0.25, 0.3) is 0 Å². The average molecular weight is 332 g/mol. The molecule has 0 aliphatic carbocycles. The van der Waals surface area contributed by atoms with Crippen LogP contribution in [0.5, 0.6) is 0 Å². The molecular weight excluding hydrogens is 312 g/mol. The van der Waals surface area contributed by atoms with Gasteiger partial charge in [0.15, 0.2) is 5.57 Å². The molecule has 2 N–H and O–H groups in total. The van der Waals surface area contributed by atoms with Crippen molar-refractivity contribution in [1.29, 1.82) is 0 Å². The molecule has 2 rings (SSSR count). The van der Waals surface area contributed by atoms with Gasteiger partial charge < -0.3 is 20.1 Å². The third kappa shape index (κ3) is 3.73. The number of ether oxygens (including phenoxy) is 2. The Kier molecular flexibility index (Phi) is 4.92. The van der Waals surface area contributed by atoms with Gasteiger partial charge >= 0.3 is 11.9 Å². The van der Waals surface area contributed by atoms with Gasteiger partial charge in [-0.1, -0.05) is 6.07 Å². The van der Waals surface area contributed by atoms with Gasteiger partial charge in [-0.3, -0.25) is 4.79 Å². The zero-order valence-corrected chi connectivity index (χ0v) is 14.1. The largest absolute Gasteiger partial charge is 0.419 e. The van der Waals surface area contributed by atoms with Crippen LogP contribution in [0.15, 0.2) is 30.0 Å². The quantitative estimate of drug-likeness (QED) is 0.497. The molecule has 1 aromatic carbocycles. The lowest BCUT2D eigenvalue weighted by Crippen LogP contribution is -2.42. The predicted octanol–water partition coefficient (Wildman–Crippen LogP) is 1.88. The molecule has 0 bridgehead atoms. The highest BCUT2D eigenvalue weighted by molar-refractivity contribution is 6.15. The van der Waals surface area contributed by atoms with E-state index in [0.717, 1.165) is 0 Å². The number of amides is 1. The first kappa shape index (κ1) is 17.5. The summed E-state index contributed by atoms with van der Waals surface area (Å²) in [6, 6.07) is 5.14.